The number of hydrogen-bond donors (Lipinski definition) is 3. The van der Waals surface area contributed by atoms with Crippen LogP contribution >= 0.6 is 23.2 Å². The number of rotatable bonds is 6. The summed E-state index contributed by atoms with van der Waals surface area (Å²) in [6.45, 7) is 0.351. The van der Waals surface area contributed by atoms with Crippen molar-refractivity contribution in [2.75, 3.05) is 21.9 Å². The first-order chi connectivity index (χ1) is 14.2. The number of carbonyl (C=O) groups is 1. The van der Waals surface area contributed by atoms with Crippen LogP contribution in [0.15, 0.2) is 48.4 Å². The Balaban J connectivity index is 1.87. The van der Waals surface area contributed by atoms with Gasteiger partial charge in [0.2, 0.25) is 10.0 Å². The highest BCUT2D eigenvalue weighted by Gasteiger charge is 2.29. The van der Waals surface area contributed by atoms with Gasteiger partial charge in [-0.25, -0.2) is 8.42 Å². The van der Waals surface area contributed by atoms with E-state index in [9.17, 15) is 13.2 Å². The lowest BCUT2D eigenvalue weighted by Crippen LogP contribution is -2.25. The zero-order valence-electron chi connectivity index (χ0n) is 15.6. The van der Waals surface area contributed by atoms with E-state index in [1.54, 1.807) is 6.07 Å². The van der Waals surface area contributed by atoms with Crippen molar-refractivity contribution in [3.05, 3.63) is 64.0 Å². The van der Waals surface area contributed by atoms with Gasteiger partial charge in [0.15, 0.2) is 5.76 Å². The number of anilines is 2. The third-order valence-corrected chi connectivity index (χ3v) is 6.67. The predicted molar refractivity (Wildman–Crippen MR) is 118 cm³/mol. The monoisotopic (exact) mass is 468 g/mol. The number of allylic oxidation sites excluding steroid dienone is 1. The van der Waals surface area contributed by atoms with E-state index in [0.29, 0.717) is 24.3 Å². The number of nitrogens with zero attached hydrogens (tertiary/aromatic N) is 1. The van der Waals surface area contributed by atoms with E-state index in [1.165, 1.54) is 34.6 Å². The molecule has 1 amide bonds. The molecule has 0 radical (unpaired) electrons. The summed E-state index contributed by atoms with van der Waals surface area (Å²) in [5, 5.41) is 10.3. The van der Waals surface area contributed by atoms with Crippen LogP contribution in [-0.2, 0) is 10.0 Å². The molecular formula is C19H18Cl2N4O4S. The summed E-state index contributed by atoms with van der Waals surface area (Å²) >= 11 is 12.3. The molecule has 1 saturated heterocycles. The first-order valence-corrected chi connectivity index (χ1v) is 11.1. The molecule has 0 bridgehead atoms. The van der Waals surface area contributed by atoms with E-state index in [0.717, 1.165) is 12.4 Å². The number of nitrogens with one attached hydrogen (secondary N) is 2. The molecule has 2 aromatic carbocycles. The maximum absolute atomic E-state index is 12.8. The molecule has 0 aromatic heterocycles. The van der Waals surface area contributed by atoms with E-state index < -0.39 is 15.9 Å². The molecule has 0 spiro atoms. The fourth-order valence-corrected chi connectivity index (χ4v) is 4.90. The van der Waals surface area contributed by atoms with E-state index in [2.05, 4.69) is 5.32 Å². The maximum atomic E-state index is 12.8. The summed E-state index contributed by atoms with van der Waals surface area (Å²) in [5.41, 5.74) is 6.17. The Labute approximate surface area is 183 Å². The average molecular weight is 469 g/mol. The van der Waals surface area contributed by atoms with Crippen LogP contribution in [0.5, 0.6) is 5.75 Å². The van der Waals surface area contributed by atoms with Crippen molar-refractivity contribution in [1.82, 2.24) is 0 Å². The minimum Gasteiger partial charge on any atom is -0.454 e. The van der Waals surface area contributed by atoms with Gasteiger partial charge in [0.05, 0.1) is 28.2 Å². The van der Waals surface area contributed by atoms with E-state index in [-0.39, 0.29) is 32.9 Å². The third-order valence-electron chi connectivity index (χ3n) is 4.25. The van der Waals surface area contributed by atoms with Crippen molar-refractivity contribution < 1.29 is 17.9 Å². The van der Waals surface area contributed by atoms with E-state index in [4.69, 9.17) is 39.1 Å². The van der Waals surface area contributed by atoms with Gasteiger partial charge in [-0.3, -0.25) is 9.10 Å². The minimum atomic E-state index is -3.39. The van der Waals surface area contributed by atoms with Gasteiger partial charge in [0.25, 0.3) is 5.91 Å². The number of halogens is 2. The Morgan fingerprint density at radius 1 is 1.23 bits per heavy atom. The van der Waals surface area contributed by atoms with Gasteiger partial charge in [-0.2, -0.15) is 0 Å². The Morgan fingerprint density at radius 2 is 2.00 bits per heavy atom. The molecule has 2 aromatic rings. The largest absolute Gasteiger partial charge is 0.454 e. The van der Waals surface area contributed by atoms with Gasteiger partial charge >= 0.3 is 0 Å². The lowest BCUT2D eigenvalue weighted by molar-refractivity contribution is 0.102. The Hall–Kier alpha value is -2.75. The number of nitrogens with two attached hydrogens (primary N) is 1. The quantitative estimate of drug-likeness (QED) is 0.440. The molecule has 4 N–H and O–H groups in total. The van der Waals surface area contributed by atoms with Crippen molar-refractivity contribution in [2.24, 2.45) is 5.73 Å². The second kappa shape index (κ2) is 8.95. The van der Waals surface area contributed by atoms with Crippen LogP contribution in [0.4, 0.5) is 11.4 Å². The molecule has 0 atom stereocenters. The first kappa shape index (κ1) is 21.9. The summed E-state index contributed by atoms with van der Waals surface area (Å²) in [4.78, 5) is 12.8. The van der Waals surface area contributed by atoms with Gasteiger partial charge < -0.3 is 21.2 Å². The molecule has 1 fully saturated rings. The molecule has 0 saturated carbocycles. The summed E-state index contributed by atoms with van der Waals surface area (Å²) in [5.74, 6) is -0.122. The number of ether oxygens (including phenoxy) is 1. The second-order valence-corrected chi connectivity index (χ2v) is 9.21. The summed E-state index contributed by atoms with van der Waals surface area (Å²) in [6.07, 6.45) is 2.56. The highest BCUT2D eigenvalue weighted by molar-refractivity contribution is 7.93. The van der Waals surface area contributed by atoms with Crippen LogP contribution in [0.1, 0.15) is 16.8 Å². The standard InChI is InChI=1S/C19H18Cl2N4O4S/c20-12-6-13(8-15(7-12)29-16(10-22)11-23)24-19(26)17-9-14(2-3-18(17)21)25-4-1-5-30(25,27)28/h2-3,6-11,22H,1,4-5,23H2,(H,24,26)/b16-11+,22-10?. The molecule has 30 heavy (non-hydrogen) atoms. The highest BCUT2D eigenvalue weighted by atomic mass is 35.5. The van der Waals surface area contributed by atoms with Crippen LogP contribution in [0.2, 0.25) is 10.0 Å². The Kier molecular flexibility index (Phi) is 6.55. The van der Waals surface area contributed by atoms with Crippen molar-refractivity contribution >= 4 is 56.7 Å². The SMILES string of the molecule is N=C/C(=C\N)Oc1cc(Cl)cc(NC(=O)c2cc(N3CCCS3(=O)=O)ccc2Cl)c1. The molecule has 0 unspecified atom stereocenters. The number of sulfonamides is 1. The van der Waals surface area contributed by atoms with Gasteiger partial charge in [0.1, 0.15) is 5.75 Å². The lowest BCUT2D eigenvalue weighted by atomic mass is 10.1. The zero-order chi connectivity index (χ0) is 21.9. The summed E-state index contributed by atoms with van der Waals surface area (Å²) in [7, 11) is -3.39. The van der Waals surface area contributed by atoms with Crippen molar-refractivity contribution in [3.8, 4) is 5.75 Å². The second-order valence-electron chi connectivity index (χ2n) is 6.35. The molecule has 1 heterocycles. The van der Waals surface area contributed by atoms with Gasteiger partial charge in [0, 0.05) is 29.5 Å². The van der Waals surface area contributed by atoms with Gasteiger partial charge in [-0.05, 0) is 36.8 Å². The summed E-state index contributed by atoms with van der Waals surface area (Å²) in [6, 6.07) is 8.98. The summed E-state index contributed by atoms with van der Waals surface area (Å²) < 4.78 is 31.0. The Bertz CT molecular complexity index is 1140. The third kappa shape index (κ3) is 4.86. The smallest absolute Gasteiger partial charge is 0.257 e. The molecule has 11 heteroatoms. The van der Waals surface area contributed by atoms with Crippen LogP contribution in [0.25, 0.3) is 0 Å². The average Bonchev–Trinajstić information content (AvgIpc) is 3.05. The van der Waals surface area contributed by atoms with E-state index >= 15 is 0 Å². The number of carbonyl (C=O) groups excluding carboxylic acids is 1. The molecule has 1 aliphatic heterocycles. The predicted octanol–water partition coefficient (Wildman–Crippen LogP) is 3.61. The molecule has 3 rings (SSSR count). The maximum Gasteiger partial charge on any atom is 0.257 e. The fourth-order valence-electron chi connectivity index (χ4n) is 2.91. The minimum absolute atomic E-state index is 0.0669. The topological polar surface area (TPSA) is 126 Å². The highest BCUT2D eigenvalue weighted by Crippen LogP contribution is 2.30. The number of hydrogen-bond acceptors (Lipinski definition) is 6. The Morgan fingerprint density at radius 3 is 2.63 bits per heavy atom. The van der Waals surface area contributed by atoms with Crippen molar-refractivity contribution in [1.29, 1.82) is 5.41 Å². The van der Waals surface area contributed by atoms with Gasteiger partial charge in [-0.1, -0.05) is 23.2 Å². The van der Waals surface area contributed by atoms with E-state index in [1.807, 2.05) is 0 Å². The van der Waals surface area contributed by atoms with Gasteiger partial charge in [-0.15, -0.1) is 0 Å². The van der Waals surface area contributed by atoms with Crippen molar-refractivity contribution in [2.45, 2.75) is 6.42 Å². The first-order valence-electron chi connectivity index (χ1n) is 8.75. The zero-order valence-corrected chi connectivity index (χ0v) is 17.9. The molecule has 1 aliphatic rings. The van der Waals surface area contributed by atoms with Crippen LogP contribution in [0, 0.1) is 5.41 Å². The van der Waals surface area contributed by atoms with Crippen LogP contribution in [0.3, 0.4) is 0 Å². The molecule has 158 valence electrons. The molecule has 0 aliphatic carbocycles. The van der Waals surface area contributed by atoms with Crippen LogP contribution < -0.4 is 20.1 Å². The fraction of sp³-hybridized carbons (Fsp3) is 0.158. The number of amides is 1. The van der Waals surface area contributed by atoms with Crippen LogP contribution in [-0.4, -0.2) is 32.8 Å². The molecule has 8 nitrogen and oxygen atoms in total. The normalized spacial score (nSPS) is 15.7. The number of benzene rings is 2. The molecular weight excluding hydrogens is 451 g/mol. The van der Waals surface area contributed by atoms with Crippen molar-refractivity contribution in [3.63, 3.8) is 0 Å². The lowest BCUT2D eigenvalue weighted by Gasteiger charge is -2.18.